The maximum absolute atomic E-state index is 12.1. The van der Waals surface area contributed by atoms with Gasteiger partial charge >= 0.3 is 6.09 Å². The fraction of sp³-hybridized carbons (Fsp3) is 0.238. The topological polar surface area (TPSA) is 64.4 Å². The van der Waals surface area contributed by atoms with Crippen LogP contribution in [-0.2, 0) is 0 Å². The number of hydrogen-bond donors (Lipinski definition) is 1. The van der Waals surface area contributed by atoms with E-state index in [4.69, 9.17) is 9.15 Å². The number of hydrogen-bond acceptors (Lipinski definition) is 4. The molecule has 1 amide bonds. The van der Waals surface area contributed by atoms with Crippen molar-refractivity contribution in [1.29, 1.82) is 0 Å². The highest BCUT2D eigenvalue weighted by molar-refractivity contribution is 5.73. The van der Waals surface area contributed by atoms with Crippen LogP contribution in [0.15, 0.2) is 65.5 Å². The van der Waals surface area contributed by atoms with Gasteiger partial charge in [0, 0.05) is 29.6 Å². The summed E-state index contributed by atoms with van der Waals surface area (Å²) in [4.78, 5) is 16.4. The van der Waals surface area contributed by atoms with Crippen molar-refractivity contribution in [2.24, 2.45) is 0 Å². The predicted octanol–water partition coefficient (Wildman–Crippen LogP) is 5.04. The summed E-state index contributed by atoms with van der Waals surface area (Å²) in [7, 11) is 0. The molecule has 0 aliphatic heterocycles. The Kier molecular flexibility index (Phi) is 4.69. The molecule has 26 heavy (non-hydrogen) atoms. The molecule has 2 aromatic heterocycles. The molecule has 132 valence electrons. The second kappa shape index (κ2) is 7.44. The molecule has 5 nitrogen and oxygen atoms in total. The van der Waals surface area contributed by atoms with E-state index in [0.29, 0.717) is 5.75 Å². The van der Waals surface area contributed by atoms with Gasteiger partial charge in [-0.1, -0.05) is 25.0 Å². The highest BCUT2D eigenvalue weighted by Crippen LogP contribution is 2.28. The van der Waals surface area contributed by atoms with Gasteiger partial charge in [0.1, 0.15) is 11.5 Å². The predicted molar refractivity (Wildman–Crippen MR) is 98.8 cm³/mol. The smallest absolute Gasteiger partial charge is 0.412 e. The van der Waals surface area contributed by atoms with Gasteiger partial charge in [0.15, 0.2) is 0 Å². The Morgan fingerprint density at radius 2 is 1.88 bits per heavy atom. The van der Waals surface area contributed by atoms with Crippen LogP contribution in [0.1, 0.15) is 25.7 Å². The summed E-state index contributed by atoms with van der Waals surface area (Å²) in [5, 5.41) is 2.93. The van der Waals surface area contributed by atoms with Gasteiger partial charge in [-0.2, -0.15) is 0 Å². The first-order valence-electron chi connectivity index (χ1n) is 8.86. The number of nitrogens with one attached hydrogen (secondary N) is 1. The number of pyridine rings is 1. The molecule has 3 aromatic rings. The standard InChI is InChI=1S/C21H20N2O3/c24-21(23-18-6-1-2-7-18)26-19-8-3-5-15(12-19)16-11-17(14-22-13-16)20-9-4-10-25-20/h3-5,8-14,18H,1-2,6-7H2,(H,23,24). The van der Waals surface area contributed by atoms with Crippen LogP contribution in [0.5, 0.6) is 5.75 Å². The molecule has 1 N–H and O–H groups in total. The molecule has 0 bridgehead atoms. The van der Waals surface area contributed by atoms with Crippen molar-refractivity contribution in [3.05, 3.63) is 61.1 Å². The fourth-order valence-electron chi connectivity index (χ4n) is 3.29. The maximum Gasteiger partial charge on any atom is 0.412 e. The van der Waals surface area contributed by atoms with Gasteiger partial charge in [0.05, 0.1) is 6.26 Å². The molecular formula is C21H20N2O3. The quantitative estimate of drug-likeness (QED) is 0.717. The van der Waals surface area contributed by atoms with Gasteiger partial charge in [-0.05, 0) is 48.7 Å². The molecule has 1 aromatic carbocycles. The molecule has 1 saturated carbocycles. The lowest BCUT2D eigenvalue weighted by molar-refractivity contribution is 0.196. The Bertz CT molecular complexity index is 884. The van der Waals surface area contributed by atoms with Crippen molar-refractivity contribution in [3.63, 3.8) is 0 Å². The van der Waals surface area contributed by atoms with E-state index >= 15 is 0 Å². The molecule has 2 heterocycles. The summed E-state index contributed by atoms with van der Waals surface area (Å²) in [6.45, 7) is 0. The van der Waals surface area contributed by atoms with Gasteiger partial charge in [0.2, 0.25) is 0 Å². The summed E-state index contributed by atoms with van der Waals surface area (Å²) >= 11 is 0. The van der Waals surface area contributed by atoms with Crippen LogP contribution in [0.4, 0.5) is 4.79 Å². The fourth-order valence-corrected chi connectivity index (χ4v) is 3.29. The van der Waals surface area contributed by atoms with Crippen molar-refractivity contribution in [1.82, 2.24) is 10.3 Å². The zero-order valence-corrected chi connectivity index (χ0v) is 14.4. The lowest BCUT2D eigenvalue weighted by atomic mass is 10.1. The molecule has 4 rings (SSSR count). The van der Waals surface area contributed by atoms with E-state index in [9.17, 15) is 4.79 Å². The van der Waals surface area contributed by atoms with Gasteiger partial charge in [-0.15, -0.1) is 0 Å². The highest BCUT2D eigenvalue weighted by atomic mass is 16.6. The Balaban J connectivity index is 1.50. The first kappa shape index (κ1) is 16.4. The minimum atomic E-state index is -0.392. The van der Waals surface area contributed by atoms with Gasteiger partial charge in [-0.25, -0.2) is 4.79 Å². The summed E-state index contributed by atoms with van der Waals surface area (Å²) in [5.41, 5.74) is 2.76. The lowest BCUT2D eigenvalue weighted by Crippen LogP contribution is -2.34. The maximum atomic E-state index is 12.1. The molecule has 5 heteroatoms. The number of ether oxygens (including phenoxy) is 1. The number of carbonyl (C=O) groups is 1. The molecule has 1 aliphatic rings. The van der Waals surface area contributed by atoms with E-state index in [1.165, 1.54) is 12.8 Å². The first-order valence-corrected chi connectivity index (χ1v) is 8.86. The van der Waals surface area contributed by atoms with Crippen LogP contribution >= 0.6 is 0 Å². The molecular weight excluding hydrogens is 328 g/mol. The summed E-state index contributed by atoms with van der Waals surface area (Å²) in [6, 6.07) is 13.4. The van der Waals surface area contributed by atoms with Crippen molar-refractivity contribution in [2.45, 2.75) is 31.7 Å². The number of aromatic nitrogens is 1. The van der Waals surface area contributed by atoms with E-state index < -0.39 is 6.09 Å². The van der Waals surface area contributed by atoms with E-state index in [1.54, 1.807) is 24.7 Å². The van der Waals surface area contributed by atoms with Gasteiger partial charge < -0.3 is 14.5 Å². The molecule has 0 unspecified atom stereocenters. The van der Waals surface area contributed by atoms with E-state index in [1.807, 2.05) is 36.4 Å². The number of amides is 1. The average molecular weight is 348 g/mol. The van der Waals surface area contributed by atoms with Gasteiger partial charge in [-0.3, -0.25) is 4.98 Å². The zero-order chi connectivity index (χ0) is 17.8. The molecule has 0 spiro atoms. The van der Waals surface area contributed by atoms with Crippen molar-refractivity contribution in [2.75, 3.05) is 0 Å². The number of carbonyl (C=O) groups excluding carboxylic acids is 1. The zero-order valence-electron chi connectivity index (χ0n) is 14.4. The van der Waals surface area contributed by atoms with Crippen LogP contribution in [0.2, 0.25) is 0 Å². The van der Waals surface area contributed by atoms with Crippen molar-refractivity contribution >= 4 is 6.09 Å². The summed E-state index contributed by atoms with van der Waals surface area (Å²) < 4.78 is 10.9. The minimum Gasteiger partial charge on any atom is -0.464 e. The SMILES string of the molecule is O=C(NC1CCCC1)Oc1cccc(-c2cncc(-c3ccco3)c2)c1. The second-order valence-corrected chi connectivity index (χ2v) is 6.48. The Hall–Kier alpha value is -3.08. The Labute approximate surface area is 152 Å². The number of benzene rings is 1. The normalized spacial score (nSPS) is 14.3. The van der Waals surface area contributed by atoms with Gasteiger partial charge in [0.25, 0.3) is 0 Å². The van der Waals surface area contributed by atoms with Crippen LogP contribution < -0.4 is 10.1 Å². The van der Waals surface area contributed by atoms with Crippen LogP contribution in [0.25, 0.3) is 22.5 Å². The molecule has 1 aliphatic carbocycles. The van der Waals surface area contributed by atoms with Crippen LogP contribution in [0, 0.1) is 0 Å². The second-order valence-electron chi connectivity index (χ2n) is 6.48. The van der Waals surface area contributed by atoms with Crippen LogP contribution in [0.3, 0.4) is 0 Å². The first-order chi connectivity index (χ1) is 12.8. The Morgan fingerprint density at radius 1 is 1.04 bits per heavy atom. The largest absolute Gasteiger partial charge is 0.464 e. The molecule has 1 fully saturated rings. The number of furan rings is 1. The minimum absolute atomic E-state index is 0.236. The molecule has 0 saturated heterocycles. The lowest BCUT2D eigenvalue weighted by Gasteiger charge is -2.12. The highest BCUT2D eigenvalue weighted by Gasteiger charge is 2.18. The third kappa shape index (κ3) is 3.77. The molecule has 0 atom stereocenters. The van der Waals surface area contributed by atoms with E-state index in [2.05, 4.69) is 10.3 Å². The summed E-state index contributed by atoms with van der Waals surface area (Å²) in [5.74, 6) is 1.28. The average Bonchev–Trinajstić information content (AvgIpc) is 3.36. The van der Waals surface area contributed by atoms with E-state index in [0.717, 1.165) is 35.3 Å². The summed E-state index contributed by atoms with van der Waals surface area (Å²) in [6.07, 6.45) is 9.18. The number of rotatable bonds is 4. The van der Waals surface area contributed by atoms with E-state index in [-0.39, 0.29) is 6.04 Å². The Morgan fingerprint density at radius 3 is 2.69 bits per heavy atom. The molecule has 0 radical (unpaired) electrons. The van der Waals surface area contributed by atoms with Crippen molar-refractivity contribution < 1.29 is 13.9 Å². The third-order valence-electron chi connectivity index (χ3n) is 4.60. The van der Waals surface area contributed by atoms with Crippen molar-refractivity contribution in [3.8, 4) is 28.2 Å². The van der Waals surface area contributed by atoms with Crippen LogP contribution in [-0.4, -0.2) is 17.1 Å². The third-order valence-corrected chi connectivity index (χ3v) is 4.60. The number of nitrogens with zero attached hydrogens (tertiary/aromatic N) is 1. The monoisotopic (exact) mass is 348 g/mol.